The van der Waals surface area contributed by atoms with Gasteiger partial charge in [-0.25, -0.2) is 4.79 Å². The lowest BCUT2D eigenvalue weighted by Gasteiger charge is -2.25. The predicted octanol–water partition coefficient (Wildman–Crippen LogP) is 1.83. The topological polar surface area (TPSA) is 90.9 Å². The van der Waals surface area contributed by atoms with Crippen molar-refractivity contribution in [3.8, 4) is 0 Å². The van der Waals surface area contributed by atoms with E-state index in [-0.39, 0.29) is 13.2 Å². The molecule has 0 saturated carbocycles. The monoisotopic (exact) mass is 323 g/mol. The van der Waals surface area contributed by atoms with Gasteiger partial charge in [0, 0.05) is 0 Å². The molecule has 0 heterocycles. The first-order valence-corrected chi connectivity index (χ1v) is 7.27. The molecule has 0 aliphatic rings. The van der Waals surface area contributed by atoms with E-state index in [2.05, 4.69) is 10.1 Å². The highest BCUT2D eigenvalue weighted by Gasteiger charge is 2.39. The highest BCUT2D eigenvalue weighted by molar-refractivity contribution is 5.96. The fourth-order valence-corrected chi connectivity index (χ4v) is 2.04. The molecule has 7 nitrogen and oxygen atoms in total. The smallest absolute Gasteiger partial charge is 0.407 e. The lowest BCUT2D eigenvalue weighted by Crippen LogP contribution is -2.42. The molecule has 1 aromatic rings. The number of hydrogen-bond acceptors (Lipinski definition) is 6. The zero-order valence-electron chi connectivity index (χ0n) is 13.4. The molecule has 0 bridgehead atoms. The third-order valence-corrected chi connectivity index (χ3v) is 3.03. The molecular formula is C16H21NO6. The Kier molecular flexibility index (Phi) is 7.59. The van der Waals surface area contributed by atoms with Crippen molar-refractivity contribution in [1.29, 1.82) is 0 Å². The number of carbonyl (C=O) groups excluding carboxylic acids is 3. The molecule has 23 heavy (non-hydrogen) atoms. The van der Waals surface area contributed by atoms with E-state index in [1.165, 1.54) is 7.11 Å². The molecule has 0 radical (unpaired) electrons. The van der Waals surface area contributed by atoms with Crippen molar-refractivity contribution in [3.05, 3.63) is 35.9 Å². The predicted molar refractivity (Wildman–Crippen MR) is 81.5 cm³/mol. The molecule has 1 N–H and O–H groups in total. The number of ether oxygens (including phenoxy) is 3. The second-order valence-corrected chi connectivity index (χ2v) is 4.51. The molecule has 0 aliphatic carbocycles. The van der Waals surface area contributed by atoms with Gasteiger partial charge in [-0.3, -0.25) is 9.59 Å². The highest BCUT2D eigenvalue weighted by atomic mass is 16.6. The van der Waals surface area contributed by atoms with E-state index in [4.69, 9.17) is 9.47 Å². The maximum absolute atomic E-state index is 12.2. The Hall–Kier alpha value is -2.57. The van der Waals surface area contributed by atoms with Crippen LogP contribution >= 0.6 is 0 Å². The summed E-state index contributed by atoms with van der Waals surface area (Å²) in [5, 5.41) is 2.50. The third-order valence-electron chi connectivity index (χ3n) is 3.03. The van der Waals surface area contributed by atoms with Gasteiger partial charge < -0.3 is 19.5 Å². The number of carbonyl (C=O) groups is 3. The number of methoxy groups -OCH3 is 1. The summed E-state index contributed by atoms with van der Waals surface area (Å²) < 4.78 is 14.5. The molecule has 1 rings (SSSR count). The van der Waals surface area contributed by atoms with Crippen LogP contribution in [0.2, 0.25) is 0 Å². The van der Waals surface area contributed by atoms with Crippen LogP contribution < -0.4 is 5.32 Å². The van der Waals surface area contributed by atoms with E-state index in [0.717, 1.165) is 0 Å². The first-order chi connectivity index (χ1) is 11.0. The number of alkyl carbamates (subject to hydrolysis) is 1. The molecule has 1 amide bonds. The van der Waals surface area contributed by atoms with Crippen LogP contribution in [-0.2, 0) is 23.8 Å². The number of nitrogens with one attached hydrogen (secondary N) is 1. The van der Waals surface area contributed by atoms with Crippen molar-refractivity contribution in [2.24, 2.45) is 5.92 Å². The van der Waals surface area contributed by atoms with Gasteiger partial charge in [-0.15, -0.1) is 0 Å². The van der Waals surface area contributed by atoms with Crippen LogP contribution in [0.15, 0.2) is 30.3 Å². The summed E-state index contributed by atoms with van der Waals surface area (Å²) in [7, 11) is 1.20. The molecule has 1 aromatic carbocycles. The van der Waals surface area contributed by atoms with Crippen LogP contribution in [0.5, 0.6) is 0 Å². The summed E-state index contributed by atoms with van der Waals surface area (Å²) in [6, 6.07) is 7.66. The number of hydrogen-bond donors (Lipinski definition) is 1. The second kappa shape index (κ2) is 9.45. The van der Waals surface area contributed by atoms with E-state index in [9.17, 15) is 14.4 Å². The van der Waals surface area contributed by atoms with Crippen LogP contribution in [-0.4, -0.2) is 38.4 Å². The number of amides is 1. The van der Waals surface area contributed by atoms with Crippen LogP contribution in [0, 0.1) is 5.92 Å². The van der Waals surface area contributed by atoms with E-state index >= 15 is 0 Å². The van der Waals surface area contributed by atoms with Crippen molar-refractivity contribution in [2.75, 3.05) is 20.3 Å². The summed E-state index contributed by atoms with van der Waals surface area (Å²) in [5.74, 6) is -2.86. The fraction of sp³-hybridized carbons (Fsp3) is 0.438. The van der Waals surface area contributed by atoms with E-state index in [0.29, 0.717) is 5.56 Å². The van der Waals surface area contributed by atoms with Crippen molar-refractivity contribution >= 4 is 18.0 Å². The summed E-state index contributed by atoms with van der Waals surface area (Å²) >= 11 is 0. The first-order valence-electron chi connectivity index (χ1n) is 7.27. The van der Waals surface area contributed by atoms with Crippen LogP contribution in [0.1, 0.15) is 25.5 Å². The Morgan fingerprint density at radius 3 is 1.96 bits per heavy atom. The molecule has 0 fully saturated rings. The Bertz CT molecular complexity index is 513. The van der Waals surface area contributed by atoms with Gasteiger partial charge in [-0.1, -0.05) is 30.3 Å². The molecule has 126 valence electrons. The van der Waals surface area contributed by atoms with Crippen molar-refractivity contribution in [1.82, 2.24) is 5.32 Å². The average Bonchev–Trinajstić information content (AvgIpc) is 2.55. The zero-order chi connectivity index (χ0) is 17.2. The van der Waals surface area contributed by atoms with E-state index in [1.54, 1.807) is 44.2 Å². The molecule has 0 unspecified atom stereocenters. The Morgan fingerprint density at radius 2 is 1.52 bits per heavy atom. The fourth-order valence-electron chi connectivity index (χ4n) is 2.04. The van der Waals surface area contributed by atoms with E-state index < -0.39 is 30.0 Å². The van der Waals surface area contributed by atoms with Gasteiger partial charge in [0.25, 0.3) is 0 Å². The second-order valence-electron chi connectivity index (χ2n) is 4.51. The molecule has 7 heteroatoms. The lowest BCUT2D eigenvalue weighted by atomic mass is 9.93. The Balaban J connectivity index is 3.21. The van der Waals surface area contributed by atoms with Gasteiger partial charge in [0.1, 0.15) is 0 Å². The minimum absolute atomic E-state index is 0.106. The van der Waals surface area contributed by atoms with Crippen molar-refractivity contribution in [2.45, 2.75) is 19.9 Å². The van der Waals surface area contributed by atoms with Gasteiger partial charge in [-0.2, -0.15) is 0 Å². The normalized spacial score (nSPS) is 11.5. The average molecular weight is 323 g/mol. The third kappa shape index (κ3) is 5.28. The molecule has 0 spiro atoms. The van der Waals surface area contributed by atoms with Gasteiger partial charge in [-0.05, 0) is 19.4 Å². The number of rotatable bonds is 7. The number of esters is 2. The van der Waals surface area contributed by atoms with Crippen LogP contribution in [0.25, 0.3) is 0 Å². The zero-order valence-corrected chi connectivity index (χ0v) is 13.4. The summed E-state index contributed by atoms with van der Waals surface area (Å²) in [6.07, 6.45) is -0.766. The summed E-state index contributed by atoms with van der Waals surface area (Å²) in [5.41, 5.74) is 0.559. The van der Waals surface area contributed by atoms with Gasteiger partial charge in [0.2, 0.25) is 0 Å². The lowest BCUT2D eigenvalue weighted by molar-refractivity contribution is -0.163. The molecular weight excluding hydrogens is 302 g/mol. The summed E-state index contributed by atoms with van der Waals surface area (Å²) in [4.78, 5) is 36.1. The maximum atomic E-state index is 12.2. The summed E-state index contributed by atoms with van der Waals surface area (Å²) in [6.45, 7) is 3.47. The Labute approximate surface area is 134 Å². The van der Waals surface area contributed by atoms with Gasteiger partial charge in [0.15, 0.2) is 5.92 Å². The molecule has 0 saturated heterocycles. The maximum Gasteiger partial charge on any atom is 0.407 e. The van der Waals surface area contributed by atoms with E-state index in [1.807, 2.05) is 0 Å². The quantitative estimate of drug-likeness (QED) is 0.467. The van der Waals surface area contributed by atoms with Gasteiger partial charge >= 0.3 is 18.0 Å². The van der Waals surface area contributed by atoms with Crippen LogP contribution in [0.4, 0.5) is 4.79 Å². The van der Waals surface area contributed by atoms with Gasteiger partial charge in [0.05, 0.1) is 26.4 Å². The highest BCUT2D eigenvalue weighted by Crippen LogP contribution is 2.25. The van der Waals surface area contributed by atoms with Crippen molar-refractivity contribution < 1.29 is 28.6 Å². The minimum Gasteiger partial charge on any atom is -0.465 e. The minimum atomic E-state index is -1.32. The largest absolute Gasteiger partial charge is 0.465 e. The molecule has 1 atom stereocenters. The Morgan fingerprint density at radius 1 is 1.00 bits per heavy atom. The first kappa shape index (κ1) is 18.5. The number of benzene rings is 1. The standard InChI is InChI=1S/C16H21NO6/c1-4-22-14(18)12(15(19)23-5-2)13(17-16(20)21-3)11-9-7-6-8-10-11/h6-10,12-13H,4-5H2,1-3H3,(H,17,20)/t13-/m0/s1. The molecule has 0 aliphatic heterocycles. The molecule has 0 aromatic heterocycles. The van der Waals surface area contributed by atoms with Crippen LogP contribution in [0.3, 0.4) is 0 Å². The SMILES string of the molecule is CCOC(=O)C(C(=O)OCC)[C@@H](NC(=O)OC)c1ccccc1. The van der Waals surface area contributed by atoms with Crippen molar-refractivity contribution in [3.63, 3.8) is 0 Å².